The van der Waals surface area contributed by atoms with Crippen LogP contribution in [0, 0.1) is 6.92 Å². The lowest BCUT2D eigenvalue weighted by Crippen LogP contribution is -2.18. The van der Waals surface area contributed by atoms with Crippen LogP contribution in [-0.2, 0) is 5.41 Å². The van der Waals surface area contributed by atoms with Crippen LogP contribution in [-0.4, -0.2) is 5.88 Å². The number of fused-ring (bicyclic) bond motifs is 1. The van der Waals surface area contributed by atoms with E-state index >= 15 is 0 Å². The summed E-state index contributed by atoms with van der Waals surface area (Å²) in [6.45, 7) is 6.71. The summed E-state index contributed by atoms with van der Waals surface area (Å²) in [7, 11) is 0. The SMILES string of the molecule is Cc1ccc(C(C)(C)CCCl)c2ccccc12. The van der Waals surface area contributed by atoms with Crippen molar-refractivity contribution in [3.8, 4) is 0 Å². The average Bonchev–Trinajstić information content (AvgIpc) is 2.29. The standard InChI is InChI=1S/C16H19Cl/c1-12-8-9-15(16(2,3)10-11-17)14-7-5-4-6-13(12)14/h4-9H,10-11H2,1-3H3. The molecule has 17 heavy (non-hydrogen) atoms. The smallest absolute Gasteiger partial charge is 0.0231 e. The van der Waals surface area contributed by atoms with E-state index in [0.717, 1.165) is 6.42 Å². The van der Waals surface area contributed by atoms with Crippen molar-refractivity contribution in [2.75, 3.05) is 5.88 Å². The first kappa shape index (κ1) is 12.4. The first-order valence-corrected chi connectivity index (χ1v) is 6.64. The Hall–Kier alpha value is -1.01. The van der Waals surface area contributed by atoms with Gasteiger partial charge in [0.25, 0.3) is 0 Å². The van der Waals surface area contributed by atoms with Crippen LogP contribution in [0.1, 0.15) is 31.4 Å². The summed E-state index contributed by atoms with van der Waals surface area (Å²) in [6.07, 6.45) is 1.00. The van der Waals surface area contributed by atoms with Gasteiger partial charge in [-0.2, -0.15) is 0 Å². The van der Waals surface area contributed by atoms with Crippen LogP contribution < -0.4 is 0 Å². The fourth-order valence-corrected chi connectivity index (χ4v) is 2.88. The molecule has 0 fully saturated rings. The summed E-state index contributed by atoms with van der Waals surface area (Å²) in [5.41, 5.74) is 2.88. The third-order valence-electron chi connectivity index (χ3n) is 3.59. The summed E-state index contributed by atoms with van der Waals surface area (Å²) >= 11 is 5.92. The molecule has 0 saturated heterocycles. The van der Waals surface area contributed by atoms with E-state index < -0.39 is 0 Å². The summed E-state index contributed by atoms with van der Waals surface area (Å²) in [4.78, 5) is 0. The van der Waals surface area contributed by atoms with Crippen LogP contribution in [0.5, 0.6) is 0 Å². The van der Waals surface area contributed by atoms with E-state index in [1.165, 1.54) is 21.9 Å². The number of alkyl halides is 1. The predicted molar refractivity (Wildman–Crippen MR) is 77.0 cm³/mol. The Morgan fingerprint density at radius 1 is 1.00 bits per heavy atom. The molecular weight excluding hydrogens is 228 g/mol. The first-order chi connectivity index (χ1) is 8.06. The van der Waals surface area contributed by atoms with Gasteiger partial charge >= 0.3 is 0 Å². The second-order valence-electron chi connectivity index (χ2n) is 5.30. The lowest BCUT2D eigenvalue weighted by molar-refractivity contribution is 0.514. The van der Waals surface area contributed by atoms with Gasteiger partial charge in [-0.25, -0.2) is 0 Å². The van der Waals surface area contributed by atoms with Crippen molar-refractivity contribution in [2.45, 2.75) is 32.6 Å². The van der Waals surface area contributed by atoms with E-state index in [-0.39, 0.29) is 5.41 Å². The van der Waals surface area contributed by atoms with Gasteiger partial charge in [-0.3, -0.25) is 0 Å². The highest BCUT2D eigenvalue weighted by Gasteiger charge is 2.22. The zero-order chi connectivity index (χ0) is 12.5. The van der Waals surface area contributed by atoms with Crippen LogP contribution in [0.15, 0.2) is 36.4 Å². The predicted octanol–water partition coefficient (Wildman–Crippen LogP) is 5.05. The molecule has 0 aliphatic heterocycles. The molecule has 90 valence electrons. The van der Waals surface area contributed by atoms with Gasteiger partial charge in [-0.05, 0) is 40.7 Å². The maximum Gasteiger partial charge on any atom is 0.0231 e. The Labute approximate surface area is 109 Å². The van der Waals surface area contributed by atoms with E-state index in [9.17, 15) is 0 Å². The van der Waals surface area contributed by atoms with Crippen LogP contribution in [0.25, 0.3) is 10.8 Å². The molecule has 0 aliphatic carbocycles. The molecule has 0 saturated carbocycles. The molecule has 2 rings (SSSR count). The highest BCUT2D eigenvalue weighted by Crippen LogP contribution is 2.34. The van der Waals surface area contributed by atoms with Gasteiger partial charge in [-0.1, -0.05) is 50.2 Å². The minimum absolute atomic E-state index is 0.134. The molecule has 0 aliphatic rings. The maximum absolute atomic E-state index is 5.92. The highest BCUT2D eigenvalue weighted by molar-refractivity contribution is 6.17. The fourth-order valence-electron chi connectivity index (χ4n) is 2.41. The van der Waals surface area contributed by atoms with Crippen LogP contribution in [0.2, 0.25) is 0 Å². The first-order valence-electron chi connectivity index (χ1n) is 6.11. The van der Waals surface area contributed by atoms with E-state index in [2.05, 4.69) is 57.2 Å². The Bertz CT molecular complexity index is 526. The monoisotopic (exact) mass is 246 g/mol. The average molecular weight is 247 g/mol. The fraction of sp³-hybridized carbons (Fsp3) is 0.375. The van der Waals surface area contributed by atoms with Gasteiger partial charge in [0.1, 0.15) is 0 Å². The molecule has 1 heteroatoms. The zero-order valence-electron chi connectivity index (χ0n) is 10.8. The van der Waals surface area contributed by atoms with Crippen molar-refractivity contribution in [2.24, 2.45) is 0 Å². The molecule has 0 atom stereocenters. The maximum atomic E-state index is 5.92. The number of benzene rings is 2. The molecular formula is C16H19Cl. The number of hydrogen-bond donors (Lipinski definition) is 0. The minimum Gasteiger partial charge on any atom is -0.127 e. The Morgan fingerprint density at radius 3 is 2.29 bits per heavy atom. The lowest BCUT2D eigenvalue weighted by Gasteiger charge is -2.26. The Kier molecular flexibility index (Phi) is 3.44. The van der Waals surface area contributed by atoms with Gasteiger partial charge < -0.3 is 0 Å². The van der Waals surface area contributed by atoms with E-state index in [1.54, 1.807) is 0 Å². The van der Waals surface area contributed by atoms with Crippen molar-refractivity contribution in [1.82, 2.24) is 0 Å². The van der Waals surface area contributed by atoms with Crippen molar-refractivity contribution >= 4 is 22.4 Å². The largest absolute Gasteiger partial charge is 0.127 e. The molecule has 0 bridgehead atoms. The molecule has 0 amide bonds. The summed E-state index contributed by atoms with van der Waals surface area (Å²) in [5, 5.41) is 2.72. The van der Waals surface area contributed by atoms with Crippen LogP contribution in [0.4, 0.5) is 0 Å². The topological polar surface area (TPSA) is 0 Å². The van der Waals surface area contributed by atoms with Crippen LogP contribution in [0.3, 0.4) is 0 Å². The Morgan fingerprint density at radius 2 is 1.65 bits per heavy atom. The molecule has 0 N–H and O–H groups in total. The van der Waals surface area contributed by atoms with E-state index in [4.69, 9.17) is 11.6 Å². The van der Waals surface area contributed by atoms with Crippen molar-refractivity contribution in [3.63, 3.8) is 0 Å². The van der Waals surface area contributed by atoms with Gasteiger partial charge in [0.15, 0.2) is 0 Å². The second-order valence-corrected chi connectivity index (χ2v) is 5.68. The van der Waals surface area contributed by atoms with Gasteiger partial charge in [0.2, 0.25) is 0 Å². The number of aryl methyl sites for hydroxylation is 1. The van der Waals surface area contributed by atoms with Gasteiger partial charge in [-0.15, -0.1) is 11.6 Å². The molecule has 2 aromatic carbocycles. The number of halogens is 1. The van der Waals surface area contributed by atoms with E-state index in [1.807, 2.05) is 0 Å². The number of rotatable bonds is 3. The Balaban J connectivity index is 2.67. The number of hydrogen-bond acceptors (Lipinski definition) is 0. The zero-order valence-corrected chi connectivity index (χ0v) is 11.5. The van der Waals surface area contributed by atoms with Crippen molar-refractivity contribution < 1.29 is 0 Å². The summed E-state index contributed by atoms with van der Waals surface area (Å²) in [6, 6.07) is 13.1. The molecule has 0 spiro atoms. The quantitative estimate of drug-likeness (QED) is 0.665. The third-order valence-corrected chi connectivity index (χ3v) is 3.78. The molecule has 0 nitrogen and oxygen atoms in total. The second kappa shape index (κ2) is 4.70. The van der Waals surface area contributed by atoms with E-state index in [0.29, 0.717) is 5.88 Å². The molecule has 0 unspecified atom stereocenters. The molecule has 0 radical (unpaired) electrons. The van der Waals surface area contributed by atoms with Gasteiger partial charge in [0.05, 0.1) is 0 Å². The van der Waals surface area contributed by atoms with Crippen molar-refractivity contribution in [1.29, 1.82) is 0 Å². The summed E-state index contributed by atoms with van der Waals surface area (Å²) in [5.74, 6) is 0.704. The normalized spacial score (nSPS) is 12.0. The molecule has 2 aromatic rings. The third kappa shape index (κ3) is 2.32. The van der Waals surface area contributed by atoms with Crippen LogP contribution >= 0.6 is 11.6 Å². The lowest BCUT2D eigenvalue weighted by atomic mass is 9.79. The highest BCUT2D eigenvalue weighted by atomic mass is 35.5. The molecule has 0 heterocycles. The summed E-state index contributed by atoms with van der Waals surface area (Å²) < 4.78 is 0. The molecule has 0 aromatic heterocycles. The van der Waals surface area contributed by atoms with Crippen molar-refractivity contribution in [3.05, 3.63) is 47.5 Å². The minimum atomic E-state index is 0.134. The van der Waals surface area contributed by atoms with Gasteiger partial charge in [0, 0.05) is 5.88 Å².